The summed E-state index contributed by atoms with van der Waals surface area (Å²) in [5, 5.41) is 10.5. The molecule has 0 amide bonds. The van der Waals surface area contributed by atoms with E-state index in [9.17, 15) is 10.1 Å². The number of rotatable bonds is 2. The third-order valence-corrected chi connectivity index (χ3v) is 6.54. The number of benzene rings is 1. The average Bonchev–Trinajstić information content (AvgIpc) is 3.32. The number of thiazole rings is 1. The fourth-order valence-electron chi connectivity index (χ4n) is 4.17. The lowest BCUT2D eigenvalue weighted by atomic mass is 9.71. The fraction of sp³-hybridized carbons (Fsp3) is 0.261. The number of para-hydroxylation sites is 1. The van der Waals surface area contributed by atoms with E-state index in [1.165, 1.54) is 11.3 Å². The van der Waals surface area contributed by atoms with Crippen molar-refractivity contribution in [1.29, 1.82) is 5.26 Å². The minimum absolute atomic E-state index is 0.0321. The van der Waals surface area contributed by atoms with Crippen LogP contribution >= 0.6 is 11.3 Å². The van der Waals surface area contributed by atoms with Crippen molar-refractivity contribution in [2.24, 2.45) is 11.1 Å². The number of ether oxygens (including phenoxy) is 1. The predicted octanol–water partition coefficient (Wildman–Crippen LogP) is 5.01. The van der Waals surface area contributed by atoms with Gasteiger partial charge in [-0.2, -0.15) is 5.26 Å². The molecule has 5 rings (SSSR count). The first-order valence-corrected chi connectivity index (χ1v) is 10.5. The molecule has 0 bridgehead atoms. The van der Waals surface area contributed by atoms with Gasteiger partial charge in [-0.25, -0.2) is 4.98 Å². The van der Waals surface area contributed by atoms with Gasteiger partial charge in [0.25, 0.3) is 0 Å². The standard InChI is InChI=1S/C23H19N3O3S/c1-23(2)9-14(27)20-17(10-23)29-21(25)12(11-24)19(20)15-7-8-16(28-15)22-26-13-5-3-4-6-18(13)30-22/h3-8,19H,9-10,25H2,1-2H3/t19-/m1/s1. The first kappa shape index (κ1) is 18.6. The average molecular weight is 417 g/mol. The molecule has 0 radical (unpaired) electrons. The molecule has 3 aromatic rings. The van der Waals surface area contributed by atoms with Gasteiger partial charge in [-0.15, -0.1) is 11.3 Å². The van der Waals surface area contributed by atoms with Crippen LogP contribution in [-0.4, -0.2) is 10.8 Å². The molecule has 6 nitrogen and oxygen atoms in total. The number of carbonyl (C=O) groups is 1. The second kappa shape index (κ2) is 6.57. The highest BCUT2D eigenvalue weighted by Crippen LogP contribution is 2.48. The minimum atomic E-state index is -0.662. The largest absolute Gasteiger partial charge is 0.458 e. The van der Waals surface area contributed by atoms with Crippen molar-refractivity contribution in [3.63, 3.8) is 0 Å². The Labute approximate surface area is 177 Å². The quantitative estimate of drug-likeness (QED) is 0.629. The van der Waals surface area contributed by atoms with Crippen molar-refractivity contribution in [3.8, 4) is 16.8 Å². The number of fused-ring (bicyclic) bond motifs is 1. The van der Waals surface area contributed by atoms with Crippen molar-refractivity contribution in [1.82, 2.24) is 4.98 Å². The SMILES string of the molecule is CC1(C)CC(=O)C2=C(C1)OC(N)=C(C#N)[C@@H]2c1ccc(-c2nc3ccccc3s2)o1. The molecule has 7 heteroatoms. The van der Waals surface area contributed by atoms with Crippen LogP contribution in [0, 0.1) is 16.7 Å². The van der Waals surface area contributed by atoms with Gasteiger partial charge < -0.3 is 14.9 Å². The molecule has 1 aliphatic carbocycles. The number of aromatic nitrogens is 1. The van der Waals surface area contributed by atoms with Crippen LogP contribution in [0.5, 0.6) is 0 Å². The van der Waals surface area contributed by atoms with Gasteiger partial charge in [0, 0.05) is 18.4 Å². The maximum atomic E-state index is 13.0. The summed E-state index contributed by atoms with van der Waals surface area (Å²) in [4.78, 5) is 17.7. The summed E-state index contributed by atoms with van der Waals surface area (Å²) in [6.07, 6.45) is 0.963. The van der Waals surface area contributed by atoms with Crippen LogP contribution in [0.1, 0.15) is 38.4 Å². The molecule has 2 N–H and O–H groups in total. The molecule has 0 unspecified atom stereocenters. The number of hydrogen-bond acceptors (Lipinski definition) is 7. The molecule has 0 spiro atoms. The molecule has 1 aliphatic heterocycles. The highest BCUT2D eigenvalue weighted by Gasteiger charge is 2.44. The predicted molar refractivity (Wildman–Crippen MR) is 113 cm³/mol. The lowest BCUT2D eigenvalue weighted by Crippen LogP contribution is -2.33. The molecular weight excluding hydrogens is 398 g/mol. The van der Waals surface area contributed by atoms with Crippen molar-refractivity contribution in [3.05, 3.63) is 64.9 Å². The Balaban J connectivity index is 1.61. The molecule has 1 aromatic carbocycles. The number of ketones is 1. The number of nitrogens with two attached hydrogens (primary N) is 1. The Kier molecular flexibility index (Phi) is 4.09. The summed E-state index contributed by atoms with van der Waals surface area (Å²) in [5.41, 5.74) is 7.42. The first-order valence-electron chi connectivity index (χ1n) is 9.66. The Morgan fingerprint density at radius 1 is 1.23 bits per heavy atom. The second-order valence-electron chi connectivity index (χ2n) is 8.39. The van der Waals surface area contributed by atoms with Gasteiger partial charge in [-0.05, 0) is 29.7 Å². The second-order valence-corrected chi connectivity index (χ2v) is 9.42. The maximum absolute atomic E-state index is 13.0. The van der Waals surface area contributed by atoms with E-state index in [1.807, 2.05) is 44.2 Å². The molecular formula is C23H19N3O3S. The first-order chi connectivity index (χ1) is 14.4. The molecule has 0 saturated carbocycles. The number of allylic oxidation sites excluding steroid dienone is 3. The summed E-state index contributed by atoms with van der Waals surface area (Å²) in [6, 6.07) is 13.6. The molecule has 2 aliphatic rings. The monoisotopic (exact) mass is 417 g/mol. The van der Waals surface area contributed by atoms with E-state index < -0.39 is 5.92 Å². The van der Waals surface area contributed by atoms with E-state index in [0.717, 1.165) is 15.2 Å². The van der Waals surface area contributed by atoms with Gasteiger partial charge in [0.1, 0.15) is 23.2 Å². The summed E-state index contributed by atoms with van der Waals surface area (Å²) in [5.74, 6) is 0.960. The van der Waals surface area contributed by atoms with Gasteiger partial charge in [0.05, 0.1) is 16.1 Å². The third kappa shape index (κ3) is 2.92. The number of nitriles is 1. The summed E-state index contributed by atoms with van der Waals surface area (Å²) >= 11 is 1.53. The van der Waals surface area contributed by atoms with E-state index in [1.54, 1.807) is 6.07 Å². The van der Waals surface area contributed by atoms with E-state index in [2.05, 4.69) is 11.1 Å². The number of Topliss-reactive ketones (excluding diaryl/α,β-unsaturated/α-hetero) is 1. The van der Waals surface area contributed by atoms with E-state index in [0.29, 0.717) is 35.7 Å². The van der Waals surface area contributed by atoms with E-state index in [4.69, 9.17) is 14.9 Å². The molecule has 1 atom stereocenters. The van der Waals surface area contributed by atoms with Gasteiger partial charge in [0.15, 0.2) is 16.6 Å². The highest BCUT2D eigenvalue weighted by atomic mass is 32.1. The molecule has 0 saturated heterocycles. The zero-order chi connectivity index (χ0) is 21.0. The van der Waals surface area contributed by atoms with Gasteiger partial charge in [-0.3, -0.25) is 4.79 Å². The molecule has 0 fully saturated rings. The zero-order valence-electron chi connectivity index (χ0n) is 16.6. The zero-order valence-corrected chi connectivity index (χ0v) is 17.4. The highest BCUT2D eigenvalue weighted by molar-refractivity contribution is 7.21. The van der Waals surface area contributed by atoms with Crippen LogP contribution in [0.3, 0.4) is 0 Å². The lowest BCUT2D eigenvalue weighted by Gasteiger charge is -2.36. The number of furan rings is 1. The normalized spacial score (nSPS) is 20.8. The topological polar surface area (TPSA) is 102 Å². The van der Waals surface area contributed by atoms with Crippen molar-refractivity contribution in [2.75, 3.05) is 0 Å². The summed E-state index contributed by atoms with van der Waals surface area (Å²) < 4.78 is 12.9. The van der Waals surface area contributed by atoms with Crippen LogP contribution in [0.15, 0.2) is 63.6 Å². The molecule has 30 heavy (non-hydrogen) atoms. The Bertz CT molecular complexity index is 1270. The Morgan fingerprint density at radius 2 is 2.03 bits per heavy atom. The number of nitrogens with zero attached hydrogens (tertiary/aromatic N) is 2. The number of carbonyl (C=O) groups excluding carboxylic acids is 1. The smallest absolute Gasteiger partial charge is 0.205 e. The van der Waals surface area contributed by atoms with Gasteiger partial charge in [0.2, 0.25) is 5.88 Å². The third-order valence-electron chi connectivity index (χ3n) is 5.49. The van der Waals surface area contributed by atoms with Crippen molar-refractivity contribution >= 4 is 27.3 Å². The van der Waals surface area contributed by atoms with Crippen molar-refractivity contribution in [2.45, 2.75) is 32.6 Å². The molecule has 3 heterocycles. The number of hydrogen-bond donors (Lipinski definition) is 1. The minimum Gasteiger partial charge on any atom is -0.458 e. The van der Waals surface area contributed by atoms with Gasteiger partial charge in [-0.1, -0.05) is 26.0 Å². The van der Waals surface area contributed by atoms with Crippen LogP contribution in [0.2, 0.25) is 0 Å². The Morgan fingerprint density at radius 3 is 2.80 bits per heavy atom. The lowest BCUT2D eigenvalue weighted by molar-refractivity contribution is -0.119. The summed E-state index contributed by atoms with van der Waals surface area (Å²) in [7, 11) is 0. The van der Waals surface area contributed by atoms with E-state index in [-0.39, 0.29) is 22.7 Å². The van der Waals surface area contributed by atoms with Crippen LogP contribution in [0.4, 0.5) is 0 Å². The summed E-state index contributed by atoms with van der Waals surface area (Å²) in [6.45, 7) is 4.04. The van der Waals surface area contributed by atoms with Crippen LogP contribution in [-0.2, 0) is 9.53 Å². The van der Waals surface area contributed by atoms with Crippen LogP contribution in [0.25, 0.3) is 21.0 Å². The van der Waals surface area contributed by atoms with Crippen molar-refractivity contribution < 1.29 is 13.9 Å². The molecule has 2 aromatic heterocycles. The van der Waals surface area contributed by atoms with Crippen LogP contribution < -0.4 is 5.73 Å². The fourth-order valence-corrected chi connectivity index (χ4v) is 5.10. The molecule has 150 valence electrons. The van der Waals surface area contributed by atoms with E-state index >= 15 is 0 Å². The maximum Gasteiger partial charge on any atom is 0.205 e. The Hall–Kier alpha value is -3.37. The van der Waals surface area contributed by atoms with Gasteiger partial charge >= 0.3 is 0 Å².